The third-order valence-corrected chi connectivity index (χ3v) is 3.73. The first-order chi connectivity index (χ1) is 11.1. The van der Waals surface area contributed by atoms with Gasteiger partial charge in [0.1, 0.15) is 12.2 Å². The second kappa shape index (κ2) is 6.04. The normalized spacial score (nSPS) is 10.7. The van der Waals surface area contributed by atoms with E-state index < -0.39 is 5.97 Å². The van der Waals surface area contributed by atoms with Crippen molar-refractivity contribution in [2.45, 2.75) is 13.8 Å². The van der Waals surface area contributed by atoms with Gasteiger partial charge in [-0.15, -0.1) is 10.2 Å². The van der Waals surface area contributed by atoms with Crippen molar-refractivity contribution in [3.05, 3.63) is 53.6 Å². The third-order valence-electron chi connectivity index (χ3n) is 3.73. The molecule has 0 radical (unpaired) electrons. The van der Waals surface area contributed by atoms with Gasteiger partial charge >= 0.3 is 5.97 Å². The number of carboxylic acid groups (broad SMARTS) is 1. The van der Waals surface area contributed by atoms with Gasteiger partial charge in [0.05, 0.1) is 0 Å². The predicted octanol–water partition coefficient (Wildman–Crippen LogP) is 3.41. The van der Waals surface area contributed by atoms with Gasteiger partial charge in [0.2, 0.25) is 0 Å². The van der Waals surface area contributed by atoms with E-state index in [0.29, 0.717) is 5.82 Å². The number of anilines is 1. The van der Waals surface area contributed by atoms with Gasteiger partial charge in [-0.1, -0.05) is 48.0 Å². The van der Waals surface area contributed by atoms with E-state index in [1.54, 1.807) is 0 Å². The molecule has 0 spiro atoms. The van der Waals surface area contributed by atoms with Crippen molar-refractivity contribution >= 4 is 22.6 Å². The number of aliphatic carboxylic acids is 1. The zero-order chi connectivity index (χ0) is 16.4. The molecule has 5 heteroatoms. The molecule has 3 rings (SSSR count). The fourth-order valence-corrected chi connectivity index (χ4v) is 2.67. The van der Waals surface area contributed by atoms with Crippen molar-refractivity contribution in [1.29, 1.82) is 0 Å². The van der Waals surface area contributed by atoms with Gasteiger partial charge in [-0.2, -0.15) is 0 Å². The average molecular weight is 307 g/mol. The summed E-state index contributed by atoms with van der Waals surface area (Å²) in [6, 6.07) is 14.0. The molecular formula is C18H17N3O2. The number of hydrogen-bond acceptors (Lipinski definition) is 4. The van der Waals surface area contributed by atoms with Gasteiger partial charge in [0.15, 0.2) is 5.82 Å². The van der Waals surface area contributed by atoms with Gasteiger partial charge < -0.3 is 10.4 Å². The summed E-state index contributed by atoms with van der Waals surface area (Å²) < 4.78 is 0. The lowest BCUT2D eigenvalue weighted by Gasteiger charge is -2.12. The van der Waals surface area contributed by atoms with Gasteiger partial charge in [-0.25, -0.2) is 0 Å². The molecule has 116 valence electrons. The molecule has 0 unspecified atom stereocenters. The number of aromatic nitrogens is 2. The summed E-state index contributed by atoms with van der Waals surface area (Å²) in [7, 11) is 0. The summed E-state index contributed by atoms with van der Waals surface area (Å²) in [6.07, 6.45) is 0. The van der Waals surface area contributed by atoms with E-state index in [9.17, 15) is 4.79 Å². The minimum absolute atomic E-state index is 0.193. The van der Waals surface area contributed by atoms with E-state index in [1.807, 2.05) is 30.3 Å². The van der Waals surface area contributed by atoms with Crippen molar-refractivity contribution in [3.8, 4) is 11.3 Å². The van der Waals surface area contributed by atoms with Crippen LogP contribution in [-0.4, -0.2) is 27.8 Å². The molecule has 0 fully saturated rings. The Morgan fingerprint density at radius 2 is 1.83 bits per heavy atom. The minimum Gasteiger partial charge on any atom is -0.480 e. The zero-order valence-electron chi connectivity index (χ0n) is 13.0. The van der Waals surface area contributed by atoms with E-state index >= 15 is 0 Å². The molecule has 23 heavy (non-hydrogen) atoms. The number of carboxylic acids is 1. The molecule has 0 amide bonds. The molecule has 0 bridgehead atoms. The van der Waals surface area contributed by atoms with Crippen LogP contribution in [0.4, 0.5) is 5.82 Å². The maximum Gasteiger partial charge on any atom is 0.322 e. The molecule has 2 N–H and O–H groups in total. The molecule has 0 atom stereocenters. The molecule has 5 nitrogen and oxygen atoms in total. The van der Waals surface area contributed by atoms with Gasteiger partial charge in [-0.3, -0.25) is 4.79 Å². The fourth-order valence-electron chi connectivity index (χ4n) is 2.67. The number of aryl methyl sites for hydroxylation is 2. The van der Waals surface area contributed by atoms with E-state index in [1.165, 1.54) is 5.56 Å². The first-order valence-electron chi connectivity index (χ1n) is 7.35. The summed E-state index contributed by atoms with van der Waals surface area (Å²) in [4.78, 5) is 10.8. The van der Waals surface area contributed by atoms with Crippen LogP contribution >= 0.6 is 0 Å². The van der Waals surface area contributed by atoms with Crippen LogP contribution in [0.2, 0.25) is 0 Å². The van der Waals surface area contributed by atoms with E-state index in [4.69, 9.17) is 5.11 Å². The van der Waals surface area contributed by atoms with Gasteiger partial charge in [0.25, 0.3) is 0 Å². The molecule has 0 saturated heterocycles. The Balaban J connectivity index is 2.16. The molecule has 2 aromatic carbocycles. The summed E-state index contributed by atoms with van der Waals surface area (Å²) in [5.74, 6) is -0.453. The van der Waals surface area contributed by atoms with Crippen LogP contribution in [0.15, 0.2) is 42.5 Å². The average Bonchev–Trinajstić information content (AvgIpc) is 2.53. The number of rotatable bonds is 4. The second-order valence-corrected chi connectivity index (χ2v) is 5.51. The van der Waals surface area contributed by atoms with Crippen LogP contribution in [-0.2, 0) is 4.79 Å². The maximum absolute atomic E-state index is 10.8. The van der Waals surface area contributed by atoms with Gasteiger partial charge in [0, 0.05) is 16.3 Å². The zero-order valence-corrected chi connectivity index (χ0v) is 13.0. The van der Waals surface area contributed by atoms with E-state index in [2.05, 4.69) is 41.5 Å². The lowest BCUT2D eigenvalue weighted by Crippen LogP contribution is -2.14. The maximum atomic E-state index is 10.8. The smallest absolute Gasteiger partial charge is 0.322 e. The van der Waals surface area contributed by atoms with Crippen LogP contribution in [0.25, 0.3) is 22.0 Å². The van der Waals surface area contributed by atoms with Crippen molar-refractivity contribution < 1.29 is 9.90 Å². The topological polar surface area (TPSA) is 75.1 Å². The summed E-state index contributed by atoms with van der Waals surface area (Å²) in [5.41, 5.74) is 4.17. The molecule has 0 aliphatic heterocycles. The number of nitrogens with zero attached hydrogens (tertiary/aromatic N) is 2. The molecular weight excluding hydrogens is 290 g/mol. The number of fused-ring (bicyclic) bond motifs is 1. The lowest BCUT2D eigenvalue weighted by molar-refractivity contribution is -0.134. The molecule has 0 aliphatic carbocycles. The number of carbonyl (C=O) groups is 1. The van der Waals surface area contributed by atoms with Crippen LogP contribution in [0.5, 0.6) is 0 Å². The van der Waals surface area contributed by atoms with Crippen molar-refractivity contribution in [2.24, 2.45) is 0 Å². The summed E-state index contributed by atoms with van der Waals surface area (Å²) in [6.45, 7) is 3.91. The molecule has 1 aromatic heterocycles. The highest BCUT2D eigenvalue weighted by molar-refractivity contribution is 6.00. The Labute approximate surface area is 134 Å². The van der Waals surface area contributed by atoms with Crippen LogP contribution in [0.3, 0.4) is 0 Å². The number of hydrogen-bond donors (Lipinski definition) is 2. The predicted molar refractivity (Wildman–Crippen MR) is 90.6 cm³/mol. The first kappa shape index (κ1) is 15.0. The standard InChI is InChI=1S/C18H17N3O2/c1-11-7-8-13(12(2)9-11)17-14-5-3-4-6-15(14)18(21-20-17)19-10-16(22)23/h3-9H,10H2,1-2H3,(H,19,21)(H,22,23). The second-order valence-electron chi connectivity index (χ2n) is 5.51. The molecule has 3 aromatic rings. The van der Waals surface area contributed by atoms with Crippen LogP contribution in [0, 0.1) is 13.8 Å². The summed E-state index contributed by atoms with van der Waals surface area (Å²) in [5, 5.41) is 22.0. The molecule has 0 saturated carbocycles. The largest absolute Gasteiger partial charge is 0.480 e. The highest BCUT2D eigenvalue weighted by atomic mass is 16.4. The SMILES string of the molecule is Cc1ccc(-c2nnc(NCC(=O)O)c3ccccc23)c(C)c1. The lowest BCUT2D eigenvalue weighted by atomic mass is 9.99. The highest BCUT2D eigenvalue weighted by Gasteiger charge is 2.13. The minimum atomic E-state index is -0.936. The van der Waals surface area contributed by atoms with Crippen molar-refractivity contribution in [2.75, 3.05) is 11.9 Å². The summed E-state index contributed by atoms with van der Waals surface area (Å²) >= 11 is 0. The highest BCUT2D eigenvalue weighted by Crippen LogP contribution is 2.31. The van der Waals surface area contributed by atoms with Gasteiger partial charge in [-0.05, 0) is 19.4 Å². The van der Waals surface area contributed by atoms with Crippen molar-refractivity contribution in [3.63, 3.8) is 0 Å². The Morgan fingerprint density at radius 1 is 1.09 bits per heavy atom. The number of benzene rings is 2. The fraction of sp³-hybridized carbons (Fsp3) is 0.167. The quantitative estimate of drug-likeness (QED) is 0.772. The Morgan fingerprint density at radius 3 is 2.52 bits per heavy atom. The Hall–Kier alpha value is -2.95. The monoisotopic (exact) mass is 307 g/mol. The van der Waals surface area contributed by atoms with Crippen LogP contribution in [0.1, 0.15) is 11.1 Å². The Kier molecular flexibility index (Phi) is 3.93. The third kappa shape index (κ3) is 2.99. The number of nitrogens with one attached hydrogen (secondary N) is 1. The molecule has 1 heterocycles. The van der Waals surface area contributed by atoms with E-state index in [0.717, 1.165) is 27.6 Å². The first-order valence-corrected chi connectivity index (χ1v) is 7.35. The molecule has 0 aliphatic rings. The van der Waals surface area contributed by atoms with E-state index in [-0.39, 0.29) is 6.54 Å². The Bertz CT molecular complexity index is 891. The van der Waals surface area contributed by atoms with Crippen molar-refractivity contribution in [1.82, 2.24) is 10.2 Å². The van der Waals surface area contributed by atoms with Crippen LogP contribution < -0.4 is 5.32 Å².